The highest BCUT2D eigenvalue weighted by Crippen LogP contribution is 2.18. The molecular formula is C15H20N4O. The van der Waals surface area contributed by atoms with Gasteiger partial charge in [0.1, 0.15) is 5.69 Å². The first-order valence-electron chi connectivity index (χ1n) is 6.58. The Morgan fingerprint density at radius 2 is 1.65 bits per heavy atom. The average molecular weight is 272 g/mol. The fourth-order valence-electron chi connectivity index (χ4n) is 2.07. The summed E-state index contributed by atoms with van der Waals surface area (Å²) in [5, 5.41) is 11.2. The van der Waals surface area contributed by atoms with Crippen molar-refractivity contribution in [2.45, 2.75) is 40.0 Å². The predicted octanol–water partition coefficient (Wildman–Crippen LogP) is 2.82. The molecule has 0 spiro atoms. The van der Waals surface area contributed by atoms with E-state index in [4.69, 9.17) is 0 Å². The van der Waals surface area contributed by atoms with E-state index in [2.05, 4.69) is 26.6 Å². The van der Waals surface area contributed by atoms with Gasteiger partial charge in [-0.25, -0.2) is 0 Å². The van der Waals surface area contributed by atoms with Crippen LogP contribution in [0.25, 0.3) is 0 Å². The van der Waals surface area contributed by atoms with Crippen molar-refractivity contribution in [2.75, 3.05) is 5.32 Å². The molecule has 5 nitrogen and oxygen atoms in total. The van der Waals surface area contributed by atoms with Gasteiger partial charge in [-0.2, -0.15) is 0 Å². The lowest BCUT2D eigenvalue weighted by Crippen LogP contribution is -2.28. The van der Waals surface area contributed by atoms with Crippen molar-refractivity contribution in [2.24, 2.45) is 0 Å². The lowest BCUT2D eigenvalue weighted by atomic mass is 9.93. The van der Waals surface area contributed by atoms with Gasteiger partial charge in [0.25, 0.3) is 5.56 Å². The van der Waals surface area contributed by atoms with Crippen LogP contribution in [0.5, 0.6) is 0 Å². The molecule has 0 radical (unpaired) electrons. The van der Waals surface area contributed by atoms with E-state index >= 15 is 0 Å². The van der Waals surface area contributed by atoms with Crippen LogP contribution in [0.2, 0.25) is 0 Å². The zero-order valence-corrected chi connectivity index (χ0v) is 12.5. The third kappa shape index (κ3) is 3.23. The summed E-state index contributed by atoms with van der Waals surface area (Å²) in [6.45, 7) is 9.85. The Bertz CT molecular complexity index is 663. The first-order chi connectivity index (χ1) is 9.25. The Labute approximate surface area is 118 Å². The molecular weight excluding hydrogens is 252 g/mol. The van der Waals surface area contributed by atoms with Crippen molar-refractivity contribution in [1.82, 2.24) is 15.2 Å². The van der Waals surface area contributed by atoms with Crippen LogP contribution in [0.15, 0.2) is 23.0 Å². The number of hydrogen-bond acceptors (Lipinski definition) is 4. The van der Waals surface area contributed by atoms with Crippen LogP contribution < -0.4 is 10.9 Å². The van der Waals surface area contributed by atoms with Gasteiger partial charge in [-0.15, -0.1) is 10.2 Å². The molecule has 0 amide bonds. The van der Waals surface area contributed by atoms with Gasteiger partial charge in [-0.3, -0.25) is 9.78 Å². The summed E-state index contributed by atoms with van der Waals surface area (Å²) in [7, 11) is 0. The zero-order chi connectivity index (χ0) is 14.9. The Kier molecular flexibility index (Phi) is 3.61. The Morgan fingerprint density at radius 1 is 1.05 bits per heavy atom. The predicted molar refractivity (Wildman–Crippen MR) is 80.6 cm³/mol. The first kappa shape index (κ1) is 14.2. The van der Waals surface area contributed by atoms with Crippen LogP contribution in [-0.2, 0) is 5.41 Å². The van der Waals surface area contributed by atoms with Crippen molar-refractivity contribution in [3.8, 4) is 0 Å². The molecule has 0 aliphatic rings. The summed E-state index contributed by atoms with van der Waals surface area (Å²) in [5.74, 6) is 0.355. The van der Waals surface area contributed by atoms with Gasteiger partial charge in [0, 0.05) is 11.1 Å². The van der Waals surface area contributed by atoms with E-state index < -0.39 is 0 Å². The topological polar surface area (TPSA) is 70.7 Å². The first-order valence-corrected chi connectivity index (χ1v) is 6.58. The summed E-state index contributed by atoms with van der Waals surface area (Å²) in [4.78, 5) is 14.7. The van der Waals surface area contributed by atoms with E-state index in [9.17, 15) is 4.79 Å². The highest BCUT2D eigenvalue weighted by Gasteiger charge is 2.20. The summed E-state index contributed by atoms with van der Waals surface area (Å²) >= 11 is 0. The molecule has 0 saturated heterocycles. The van der Waals surface area contributed by atoms with Gasteiger partial charge in [0.15, 0.2) is 0 Å². The van der Waals surface area contributed by atoms with E-state index in [1.54, 1.807) is 0 Å². The Hall–Kier alpha value is -2.17. The second-order valence-electron chi connectivity index (χ2n) is 6.10. The van der Waals surface area contributed by atoms with Gasteiger partial charge in [-0.05, 0) is 37.1 Å². The van der Waals surface area contributed by atoms with Crippen LogP contribution >= 0.6 is 0 Å². The summed E-state index contributed by atoms with van der Waals surface area (Å²) in [6, 6.07) is 6.07. The molecule has 2 rings (SSSR count). The number of rotatable bonds is 2. The number of aryl methyl sites for hydroxylation is 2. The lowest BCUT2D eigenvalue weighted by molar-refractivity contribution is 0.547. The maximum Gasteiger partial charge on any atom is 0.274 e. The van der Waals surface area contributed by atoms with Crippen molar-refractivity contribution >= 4 is 11.6 Å². The minimum atomic E-state index is -0.320. The molecule has 1 aromatic heterocycles. The molecule has 106 valence electrons. The fraction of sp³-hybridized carbons (Fsp3) is 0.400. The minimum Gasteiger partial charge on any atom is -0.324 e. The van der Waals surface area contributed by atoms with Gasteiger partial charge in [0.05, 0.1) is 0 Å². The standard InChI is InChI=1S/C15H20N4O/c1-9-6-10(2)8-11(7-9)16-14-17-13(20)12(18-19-14)15(3,4)5/h6-8H,1-5H3,(H2,16,17,19,20). The monoisotopic (exact) mass is 272 g/mol. The maximum absolute atomic E-state index is 12.0. The smallest absolute Gasteiger partial charge is 0.274 e. The molecule has 2 N–H and O–H groups in total. The molecule has 0 aliphatic heterocycles. The number of hydrogen-bond donors (Lipinski definition) is 2. The summed E-state index contributed by atoms with van der Waals surface area (Å²) in [5.41, 5.74) is 3.08. The molecule has 5 heteroatoms. The lowest BCUT2D eigenvalue weighted by Gasteiger charge is -2.15. The number of H-pyrrole nitrogens is 1. The van der Waals surface area contributed by atoms with Crippen LogP contribution in [0.4, 0.5) is 11.6 Å². The van der Waals surface area contributed by atoms with Gasteiger partial charge in [-0.1, -0.05) is 26.8 Å². The number of nitrogens with one attached hydrogen (secondary N) is 2. The van der Waals surface area contributed by atoms with E-state index in [1.807, 2.05) is 46.8 Å². The molecule has 0 aliphatic carbocycles. The van der Waals surface area contributed by atoms with Crippen LogP contribution in [0.1, 0.15) is 37.6 Å². The maximum atomic E-state index is 12.0. The van der Waals surface area contributed by atoms with E-state index in [1.165, 1.54) is 0 Å². The number of aromatic nitrogens is 3. The number of nitrogens with zero attached hydrogens (tertiary/aromatic N) is 2. The van der Waals surface area contributed by atoms with Crippen molar-refractivity contribution in [3.05, 3.63) is 45.4 Å². The largest absolute Gasteiger partial charge is 0.324 e. The Morgan fingerprint density at radius 3 is 2.15 bits per heavy atom. The SMILES string of the molecule is Cc1cc(C)cc(Nc2nnc(C(C)(C)C)c(=O)[nH]2)c1. The molecule has 20 heavy (non-hydrogen) atoms. The van der Waals surface area contributed by atoms with Crippen molar-refractivity contribution in [1.29, 1.82) is 0 Å². The molecule has 0 unspecified atom stereocenters. The van der Waals surface area contributed by atoms with E-state index in [-0.39, 0.29) is 11.0 Å². The normalized spacial score (nSPS) is 11.4. The second kappa shape index (κ2) is 5.07. The third-order valence-electron chi connectivity index (χ3n) is 2.89. The van der Waals surface area contributed by atoms with E-state index in [0.29, 0.717) is 11.6 Å². The van der Waals surface area contributed by atoms with E-state index in [0.717, 1.165) is 16.8 Å². The quantitative estimate of drug-likeness (QED) is 0.882. The van der Waals surface area contributed by atoms with Crippen LogP contribution in [-0.4, -0.2) is 15.2 Å². The van der Waals surface area contributed by atoms with Gasteiger partial charge < -0.3 is 5.32 Å². The summed E-state index contributed by atoms with van der Waals surface area (Å²) in [6.07, 6.45) is 0. The average Bonchev–Trinajstić information content (AvgIpc) is 2.25. The molecule has 0 bridgehead atoms. The highest BCUT2D eigenvalue weighted by molar-refractivity contribution is 5.55. The highest BCUT2D eigenvalue weighted by atomic mass is 16.1. The van der Waals surface area contributed by atoms with Gasteiger partial charge in [0.2, 0.25) is 5.95 Å². The number of aromatic amines is 1. The Balaban J connectivity index is 2.31. The molecule has 1 heterocycles. The van der Waals surface area contributed by atoms with Gasteiger partial charge >= 0.3 is 0 Å². The molecule has 0 saturated carbocycles. The summed E-state index contributed by atoms with van der Waals surface area (Å²) < 4.78 is 0. The van der Waals surface area contributed by atoms with Crippen LogP contribution in [0.3, 0.4) is 0 Å². The fourth-order valence-corrected chi connectivity index (χ4v) is 2.07. The molecule has 2 aromatic rings. The third-order valence-corrected chi connectivity index (χ3v) is 2.89. The van der Waals surface area contributed by atoms with Crippen molar-refractivity contribution < 1.29 is 0 Å². The molecule has 0 atom stereocenters. The zero-order valence-electron chi connectivity index (χ0n) is 12.5. The second-order valence-corrected chi connectivity index (χ2v) is 6.10. The number of anilines is 2. The van der Waals surface area contributed by atoms with Crippen LogP contribution in [0, 0.1) is 13.8 Å². The molecule has 1 aromatic carbocycles. The minimum absolute atomic E-state index is 0.209. The molecule has 0 fully saturated rings. The number of benzene rings is 1. The van der Waals surface area contributed by atoms with Crippen molar-refractivity contribution in [3.63, 3.8) is 0 Å².